The minimum absolute atomic E-state index is 0.267. The van der Waals surface area contributed by atoms with Crippen molar-refractivity contribution in [3.8, 4) is 0 Å². The third kappa shape index (κ3) is 33.6. The minimum Gasteiger partial charge on any atom is -0.394 e. The van der Waals surface area contributed by atoms with Crippen LogP contribution in [0, 0.1) is 0 Å². The second kappa shape index (κ2) is 45.3. The highest BCUT2D eigenvalue weighted by Crippen LogP contribution is 2.24. The molecule has 0 spiro atoms. The lowest BCUT2D eigenvalue weighted by Crippen LogP contribution is -2.60. The fourth-order valence-electron chi connectivity index (χ4n) is 9.50. The standard InChI is InChI=1S/C55H109NO10/c1-3-5-7-9-11-13-15-17-18-19-20-21-22-23-24-25-26-27-28-29-31-33-35-37-39-41-43-48(59)54(64)56-46(45-65-55-53(63)52(62)51(61)49(44-57)66-55)50(60)47(58)42-40-38-36-34-32-30-16-14-12-10-8-6-4-2/h46-53,55,57-63H,3-45H2,1-2H3,(H,56,64). The molecular formula is C55H109NO10. The normalized spacial score (nSPS) is 20.7. The molecule has 0 aromatic carbocycles. The average molecular weight is 944 g/mol. The fourth-order valence-corrected chi connectivity index (χ4v) is 9.50. The third-order valence-corrected chi connectivity index (χ3v) is 14.2. The van der Waals surface area contributed by atoms with E-state index >= 15 is 0 Å². The molecule has 0 bridgehead atoms. The van der Waals surface area contributed by atoms with Crippen molar-refractivity contribution in [3.63, 3.8) is 0 Å². The lowest BCUT2D eigenvalue weighted by Gasteiger charge is -2.40. The molecule has 1 aliphatic heterocycles. The number of carbonyl (C=O) groups excluding carboxylic acids is 1. The van der Waals surface area contributed by atoms with Gasteiger partial charge >= 0.3 is 0 Å². The summed E-state index contributed by atoms with van der Waals surface area (Å²) in [4.78, 5) is 13.2. The molecule has 66 heavy (non-hydrogen) atoms. The summed E-state index contributed by atoms with van der Waals surface area (Å²) in [6, 6.07) is -1.16. The summed E-state index contributed by atoms with van der Waals surface area (Å²) in [5.41, 5.74) is 0. The zero-order chi connectivity index (χ0) is 48.3. The van der Waals surface area contributed by atoms with Gasteiger partial charge in [-0.3, -0.25) is 4.79 Å². The number of unbranched alkanes of at least 4 members (excludes halogenated alkanes) is 37. The molecule has 0 aromatic rings. The van der Waals surface area contributed by atoms with Crippen LogP contribution in [-0.2, 0) is 14.3 Å². The number of hydrogen-bond donors (Lipinski definition) is 8. The lowest BCUT2D eigenvalue weighted by atomic mass is 9.98. The van der Waals surface area contributed by atoms with Crippen molar-refractivity contribution in [1.82, 2.24) is 5.32 Å². The van der Waals surface area contributed by atoms with Gasteiger partial charge in [0, 0.05) is 0 Å². The van der Waals surface area contributed by atoms with Crippen LogP contribution in [0.5, 0.6) is 0 Å². The van der Waals surface area contributed by atoms with Gasteiger partial charge in [0.1, 0.15) is 36.6 Å². The number of aliphatic hydroxyl groups excluding tert-OH is 7. The zero-order valence-corrected chi connectivity index (χ0v) is 43.0. The van der Waals surface area contributed by atoms with Gasteiger partial charge < -0.3 is 50.5 Å². The lowest BCUT2D eigenvalue weighted by molar-refractivity contribution is -0.303. The summed E-state index contributed by atoms with van der Waals surface area (Å²) in [6.07, 6.45) is 38.8. The van der Waals surface area contributed by atoms with Crippen molar-refractivity contribution in [1.29, 1.82) is 0 Å². The predicted octanol–water partition coefficient (Wildman–Crippen LogP) is 11.4. The van der Waals surface area contributed by atoms with Gasteiger partial charge in [-0.1, -0.05) is 264 Å². The molecule has 1 aliphatic rings. The van der Waals surface area contributed by atoms with Crippen molar-refractivity contribution < 1.29 is 50.0 Å². The molecule has 11 nitrogen and oxygen atoms in total. The van der Waals surface area contributed by atoms with Crippen molar-refractivity contribution in [2.75, 3.05) is 13.2 Å². The zero-order valence-electron chi connectivity index (χ0n) is 43.0. The van der Waals surface area contributed by atoms with Crippen LogP contribution >= 0.6 is 0 Å². The first-order chi connectivity index (χ1) is 32.2. The van der Waals surface area contributed by atoms with Crippen LogP contribution in [0.4, 0.5) is 0 Å². The Hall–Kier alpha value is -0.890. The molecular weight excluding hydrogens is 835 g/mol. The van der Waals surface area contributed by atoms with E-state index in [2.05, 4.69) is 19.2 Å². The molecule has 9 unspecified atom stereocenters. The van der Waals surface area contributed by atoms with Crippen LogP contribution in [0.25, 0.3) is 0 Å². The summed E-state index contributed by atoms with van der Waals surface area (Å²) in [5, 5.41) is 76.0. The Morgan fingerprint density at radius 2 is 0.788 bits per heavy atom. The highest BCUT2D eigenvalue weighted by Gasteiger charge is 2.44. The highest BCUT2D eigenvalue weighted by atomic mass is 16.7. The Labute approximate surface area is 405 Å². The number of aliphatic hydroxyl groups is 7. The molecule has 0 saturated carbocycles. The summed E-state index contributed by atoms with van der Waals surface area (Å²) in [7, 11) is 0. The summed E-state index contributed by atoms with van der Waals surface area (Å²) >= 11 is 0. The van der Waals surface area contributed by atoms with E-state index in [9.17, 15) is 40.5 Å². The van der Waals surface area contributed by atoms with Gasteiger partial charge in [-0.05, 0) is 12.8 Å². The van der Waals surface area contributed by atoms with Gasteiger partial charge in [-0.15, -0.1) is 0 Å². The maximum Gasteiger partial charge on any atom is 0.249 e. The molecule has 11 heteroatoms. The van der Waals surface area contributed by atoms with Crippen LogP contribution < -0.4 is 5.32 Å². The maximum absolute atomic E-state index is 13.2. The first-order valence-electron chi connectivity index (χ1n) is 28.4. The molecule has 0 radical (unpaired) electrons. The maximum atomic E-state index is 13.2. The molecule has 1 rings (SSSR count). The Balaban J connectivity index is 2.25. The number of carbonyl (C=O) groups is 1. The van der Waals surface area contributed by atoms with Gasteiger partial charge in [0.2, 0.25) is 5.91 Å². The Bertz CT molecular complexity index is 1040. The molecule has 1 saturated heterocycles. The summed E-state index contributed by atoms with van der Waals surface area (Å²) in [5.74, 6) is -0.691. The van der Waals surface area contributed by atoms with E-state index in [4.69, 9.17) is 9.47 Å². The molecule has 0 aliphatic carbocycles. The predicted molar refractivity (Wildman–Crippen MR) is 270 cm³/mol. The summed E-state index contributed by atoms with van der Waals surface area (Å²) in [6.45, 7) is 3.48. The van der Waals surface area contributed by atoms with Gasteiger partial charge in [-0.25, -0.2) is 0 Å². The number of rotatable bonds is 49. The van der Waals surface area contributed by atoms with Crippen LogP contribution in [0.1, 0.15) is 277 Å². The van der Waals surface area contributed by atoms with E-state index in [0.717, 1.165) is 38.5 Å². The van der Waals surface area contributed by atoms with Gasteiger partial charge in [0.05, 0.1) is 25.4 Å². The van der Waals surface area contributed by atoms with E-state index in [1.54, 1.807) is 0 Å². The number of ether oxygens (including phenoxy) is 2. The van der Waals surface area contributed by atoms with Crippen molar-refractivity contribution in [2.24, 2.45) is 0 Å². The van der Waals surface area contributed by atoms with Crippen molar-refractivity contribution in [2.45, 2.75) is 332 Å². The molecule has 8 N–H and O–H groups in total. The second-order valence-corrected chi connectivity index (χ2v) is 20.4. The van der Waals surface area contributed by atoms with Crippen LogP contribution in [0.2, 0.25) is 0 Å². The monoisotopic (exact) mass is 944 g/mol. The Morgan fingerprint density at radius 3 is 1.12 bits per heavy atom. The van der Waals surface area contributed by atoms with Gasteiger partial charge in [0.15, 0.2) is 6.29 Å². The number of nitrogens with one attached hydrogen (secondary N) is 1. The van der Waals surface area contributed by atoms with Crippen LogP contribution in [0.15, 0.2) is 0 Å². The Kier molecular flexibility index (Phi) is 43.3. The van der Waals surface area contributed by atoms with E-state index < -0.39 is 74.2 Å². The van der Waals surface area contributed by atoms with Crippen LogP contribution in [-0.4, -0.2) is 110 Å². The van der Waals surface area contributed by atoms with E-state index in [1.807, 2.05) is 0 Å². The van der Waals surface area contributed by atoms with E-state index in [0.29, 0.717) is 19.3 Å². The first kappa shape index (κ1) is 63.1. The molecule has 1 fully saturated rings. The van der Waals surface area contributed by atoms with E-state index in [-0.39, 0.29) is 6.42 Å². The van der Waals surface area contributed by atoms with Crippen LogP contribution in [0.3, 0.4) is 0 Å². The van der Waals surface area contributed by atoms with E-state index in [1.165, 1.54) is 199 Å². The molecule has 9 atom stereocenters. The fraction of sp³-hybridized carbons (Fsp3) is 0.982. The molecule has 1 heterocycles. The van der Waals surface area contributed by atoms with Crippen molar-refractivity contribution in [3.05, 3.63) is 0 Å². The SMILES string of the molecule is CCCCCCCCCCCCCCCCCCCCCCCCCCCCC(O)C(=O)NC(COC1OC(CO)C(O)C(O)C1O)C(O)C(O)CCCCCCCCCCCCCCC. The largest absolute Gasteiger partial charge is 0.394 e. The number of hydrogen-bond acceptors (Lipinski definition) is 10. The third-order valence-electron chi connectivity index (χ3n) is 14.2. The molecule has 0 aromatic heterocycles. The Morgan fingerprint density at radius 1 is 0.470 bits per heavy atom. The molecule has 394 valence electrons. The molecule has 1 amide bonds. The van der Waals surface area contributed by atoms with Crippen molar-refractivity contribution >= 4 is 5.91 Å². The first-order valence-corrected chi connectivity index (χ1v) is 28.4. The second-order valence-electron chi connectivity index (χ2n) is 20.4. The smallest absolute Gasteiger partial charge is 0.249 e. The highest BCUT2D eigenvalue weighted by molar-refractivity contribution is 5.80. The quantitative estimate of drug-likeness (QED) is 0.0273. The topological polar surface area (TPSA) is 189 Å². The number of amides is 1. The minimum atomic E-state index is -1.66. The summed E-state index contributed by atoms with van der Waals surface area (Å²) < 4.78 is 11.1. The average Bonchev–Trinajstić information content (AvgIpc) is 3.32. The van der Waals surface area contributed by atoms with Gasteiger partial charge in [-0.2, -0.15) is 0 Å². The van der Waals surface area contributed by atoms with Gasteiger partial charge in [0.25, 0.3) is 0 Å².